The topological polar surface area (TPSA) is 70.7 Å². The van der Waals surface area contributed by atoms with Crippen molar-refractivity contribution >= 4 is 28.4 Å². The molecule has 0 N–H and O–H groups in total. The van der Waals surface area contributed by atoms with Crippen molar-refractivity contribution in [3.63, 3.8) is 0 Å². The van der Waals surface area contributed by atoms with Crippen molar-refractivity contribution in [3.05, 3.63) is 64.4 Å². The summed E-state index contributed by atoms with van der Waals surface area (Å²) < 4.78 is 50.0. The predicted molar refractivity (Wildman–Crippen MR) is 119 cm³/mol. The average Bonchev–Trinajstić information content (AvgIpc) is 3.22. The maximum Gasteiger partial charge on any atom is 0.411 e. The predicted octanol–water partition coefficient (Wildman–Crippen LogP) is 4.16. The first kappa shape index (κ1) is 23.1. The van der Waals surface area contributed by atoms with Gasteiger partial charge in [-0.1, -0.05) is 42.1 Å². The molecule has 0 saturated heterocycles. The third kappa shape index (κ3) is 5.14. The highest BCUT2D eigenvalue weighted by Gasteiger charge is 2.27. The molecule has 0 saturated carbocycles. The third-order valence-corrected chi connectivity index (χ3v) is 5.94. The second-order valence-corrected chi connectivity index (χ2v) is 8.27. The molecule has 2 heterocycles. The number of alkyl halides is 3. The lowest BCUT2D eigenvalue weighted by Gasteiger charge is -2.13. The van der Waals surface area contributed by atoms with Crippen molar-refractivity contribution in [1.82, 2.24) is 19.2 Å². The lowest BCUT2D eigenvalue weighted by Crippen LogP contribution is -2.24. The summed E-state index contributed by atoms with van der Waals surface area (Å²) in [5.41, 5.74) is 1.28. The Morgan fingerprint density at radius 2 is 1.82 bits per heavy atom. The van der Waals surface area contributed by atoms with Gasteiger partial charge < -0.3 is 9.47 Å². The molecule has 0 radical (unpaired) electrons. The van der Waals surface area contributed by atoms with E-state index in [1.54, 1.807) is 28.2 Å². The molecule has 0 aliphatic rings. The van der Waals surface area contributed by atoms with E-state index in [2.05, 4.69) is 14.9 Å². The summed E-state index contributed by atoms with van der Waals surface area (Å²) in [7, 11) is 1.57. The van der Waals surface area contributed by atoms with E-state index in [-0.39, 0.29) is 18.7 Å². The number of para-hydroxylation sites is 2. The van der Waals surface area contributed by atoms with Gasteiger partial charge in [0.05, 0.1) is 24.6 Å². The average molecular weight is 478 g/mol. The summed E-state index contributed by atoms with van der Waals surface area (Å²) in [5.74, 6) is 1.52. The third-order valence-electron chi connectivity index (χ3n) is 4.93. The summed E-state index contributed by atoms with van der Waals surface area (Å²) in [5, 5.41) is 9.57. The molecule has 0 amide bonds. The molecular weight excluding hydrogens is 457 g/mol. The quantitative estimate of drug-likeness (QED) is 0.266. The van der Waals surface area contributed by atoms with Crippen LogP contribution in [-0.2, 0) is 11.3 Å². The Balaban J connectivity index is 1.65. The number of ether oxygens (including phenoxy) is 2. The van der Waals surface area contributed by atoms with Crippen LogP contribution >= 0.6 is 11.8 Å². The van der Waals surface area contributed by atoms with Crippen LogP contribution in [-0.4, -0.2) is 51.4 Å². The van der Waals surface area contributed by atoms with Crippen molar-refractivity contribution in [2.24, 2.45) is 0 Å². The minimum absolute atomic E-state index is 0.0114. The van der Waals surface area contributed by atoms with E-state index in [1.165, 1.54) is 11.8 Å². The Labute approximate surface area is 191 Å². The molecule has 2 aromatic heterocycles. The number of hydrogen-bond acceptors (Lipinski definition) is 6. The smallest absolute Gasteiger partial charge is 0.411 e. The SMILES string of the molecule is COc1ccccc1Cn1c(=O)c2ccccc2n2c(SCCCOCC(F)(F)F)nnc12. The van der Waals surface area contributed by atoms with Gasteiger partial charge in [-0.05, 0) is 24.6 Å². The molecule has 174 valence electrons. The van der Waals surface area contributed by atoms with E-state index in [9.17, 15) is 18.0 Å². The van der Waals surface area contributed by atoms with Crippen molar-refractivity contribution in [1.29, 1.82) is 0 Å². The zero-order chi connectivity index (χ0) is 23.4. The first-order chi connectivity index (χ1) is 15.9. The van der Waals surface area contributed by atoms with Gasteiger partial charge in [-0.3, -0.25) is 13.8 Å². The first-order valence-electron chi connectivity index (χ1n) is 10.1. The number of rotatable bonds is 9. The Kier molecular flexibility index (Phi) is 6.89. The van der Waals surface area contributed by atoms with E-state index >= 15 is 0 Å². The number of benzene rings is 2. The zero-order valence-corrected chi connectivity index (χ0v) is 18.5. The second-order valence-electron chi connectivity index (χ2n) is 7.21. The number of thioether (sulfide) groups is 1. The van der Waals surface area contributed by atoms with Crippen LogP contribution in [0.4, 0.5) is 13.2 Å². The van der Waals surface area contributed by atoms with Gasteiger partial charge in [0.1, 0.15) is 12.4 Å². The van der Waals surface area contributed by atoms with Gasteiger partial charge in [-0.2, -0.15) is 13.2 Å². The molecule has 0 aliphatic heterocycles. The standard InChI is InChI=1S/C22H21F3N4O3S/c1-31-18-10-5-2-7-15(18)13-28-19(30)16-8-3-4-9-17(16)29-20(28)26-27-21(29)33-12-6-11-32-14-22(23,24)25/h2-5,7-10H,6,11-14H2,1H3. The second kappa shape index (κ2) is 9.84. The molecule has 4 aromatic rings. The molecule has 33 heavy (non-hydrogen) atoms. The monoisotopic (exact) mass is 478 g/mol. The number of hydrogen-bond donors (Lipinski definition) is 0. The first-order valence-corrected chi connectivity index (χ1v) is 11.1. The number of nitrogens with zero attached hydrogens (tertiary/aromatic N) is 4. The van der Waals surface area contributed by atoms with Crippen molar-refractivity contribution in [3.8, 4) is 5.75 Å². The summed E-state index contributed by atoms with van der Waals surface area (Å²) in [6.07, 6.45) is -3.92. The van der Waals surface area contributed by atoms with Crippen LogP contribution < -0.4 is 10.3 Å². The molecule has 0 bridgehead atoms. The number of halogens is 3. The van der Waals surface area contributed by atoms with E-state index in [1.807, 2.05) is 36.4 Å². The Bertz CT molecular complexity index is 1320. The fraction of sp³-hybridized carbons (Fsp3) is 0.318. The van der Waals surface area contributed by atoms with Crippen molar-refractivity contribution < 1.29 is 22.6 Å². The van der Waals surface area contributed by atoms with E-state index in [0.717, 1.165) is 5.56 Å². The molecule has 7 nitrogen and oxygen atoms in total. The molecule has 0 aliphatic carbocycles. The normalized spacial score (nSPS) is 12.0. The highest BCUT2D eigenvalue weighted by molar-refractivity contribution is 7.99. The van der Waals surface area contributed by atoms with Crippen LogP contribution in [0.25, 0.3) is 16.7 Å². The molecule has 0 spiro atoms. The summed E-state index contributed by atoms with van der Waals surface area (Å²) in [6, 6.07) is 14.6. The summed E-state index contributed by atoms with van der Waals surface area (Å²) in [6.45, 7) is -1.03. The maximum absolute atomic E-state index is 13.3. The van der Waals surface area contributed by atoms with E-state index in [0.29, 0.717) is 39.8 Å². The Morgan fingerprint density at radius 1 is 1.06 bits per heavy atom. The Morgan fingerprint density at radius 3 is 2.61 bits per heavy atom. The highest BCUT2D eigenvalue weighted by atomic mass is 32.2. The highest BCUT2D eigenvalue weighted by Crippen LogP contribution is 2.24. The zero-order valence-electron chi connectivity index (χ0n) is 17.7. The minimum atomic E-state index is -4.33. The van der Waals surface area contributed by atoms with Crippen LogP contribution in [0.1, 0.15) is 12.0 Å². The van der Waals surface area contributed by atoms with Crippen LogP contribution in [0.3, 0.4) is 0 Å². The van der Waals surface area contributed by atoms with Crippen LogP contribution in [0.5, 0.6) is 5.75 Å². The largest absolute Gasteiger partial charge is 0.496 e. The van der Waals surface area contributed by atoms with Crippen molar-refractivity contribution in [2.75, 3.05) is 26.1 Å². The van der Waals surface area contributed by atoms with Crippen LogP contribution in [0.2, 0.25) is 0 Å². The fourth-order valence-electron chi connectivity index (χ4n) is 3.49. The maximum atomic E-state index is 13.3. The van der Waals surface area contributed by atoms with Gasteiger partial charge in [-0.15, -0.1) is 10.2 Å². The molecule has 0 unspecified atom stereocenters. The Hall–Kier alpha value is -3.05. The number of methoxy groups -OCH3 is 1. The molecule has 4 rings (SSSR count). The molecule has 0 atom stereocenters. The van der Waals surface area contributed by atoms with Gasteiger partial charge in [0.2, 0.25) is 5.78 Å². The lowest BCUT2D eigenvalue weighted by atomic mass is 10.2. The number of fused-ring (bicyclic) bond motifs is 3. The fourth-order valence-corrected chi connectivity index (χ4v) is 4.34. The van der Waals surface area contributed by atoms with Crippen molar-refractivity contribution in [2.45, 2.75) is 24.3 Å². The summed E-state index contributed by atoms with van der Waals surface area (Å²) >= 11 is 1.35. The van der Waals surface area contributed by atoms with Gasteiger partial charge in [0, 0.05) is 17.9 Å². The number of aromatic nitrogens is 4. The van der Waals surface area contributed by atoms with Gasteiger partial charge in [0.15, 0.2) is 5.16 Å². The van der Waals surface area contributed by atoms with E-state index < -0.39 is 12.8 Å². The minimum Gasteiger partial charge on any atom is -0.496 e. The lowest BCUT2D eigenvalue weighted by molar-refractivity contribution is -0.173. The summed E-state index contributed by atoms with van der Waals surface area (Å²) in [4.78, 5) is 13.3. The molecule has 2 aromatic carbocycles. The van der Waals surface area contributed by atoms with E-state index in [4.69, 9.17) is 4.74 Å². The molecular formula is C22H21F3N4O3S. The van der Waals surface area contributed by atoms with Crippen LogP contribution in [0, 0.1) is 0 Å². The van der Waals surface area contributed by atoms with Gasteiger partial charge in [-0.25, -0.2) is 0 Å². The van der Waals surface area contributed by atoms with Gasteiger partial charge >= 0.3 is 6.18 Å². The molecule has 11 heteroatoms. The van der Waals surface area contributed by atoms with Gasteiger partial charge in [0.25, 0.3) is 5.56 Å². The van der Waals surface area contributed by atoms with Crippen LogP contribution in [0.15, 0.2) is 58.5 Å². The molecule has 0 fully saturated rings.